The quantitative estimate of drug-likeness (QED) is 0.704. The Bertz CT molecular complexity index is 694. The standard InChI is InChI=1S/C16H12ClNO2/c17-13-7-4-8-15(9-13)19-10-14-11-20-16(18-14)12-5-2-1-3-6-12/h1-9,11H,10H2. The van der Waals surface area contributed by atoms with Crippen LogP contribution in [-0.2, 0) is 6.61 Å². The van der Waals surface area contributed by atoms with Crippen LogP contribution < -0.4 is 4.74 Å². The Balaban J connectivity index is 1.69. The van der Waals surface area contributed by atoms with Crippen LogP contribution in [0.5, 0.6) is 5.75 Å². The Morgan fingerprint density at radius 2 is 1.90 bits per heavy atom. The van der Waals surface area contributed by atoms with E-state index in [1.54, 1.807) is 18.4 Å². The summed E-state index contributed by atoms with van der Waals surface area (Å²) in [5.74, 6) is 1.30. The van der Waals surface area contributed by atoms with Crippen molar-refractivity contribution < 1.29 is 9.15 Å². The van der Waals surface area contributed by atoms with E-state index in [0.717, 1.165) is 11.3 Å². The second kappa shape index (κ2) is 5.80. The summed E-state index contributed by atoms with van der Waals surface area (Å²) in [5.41, 5.74) is 1.69. The van der Waals surface area contributed by atoms with Gasteiger partial charge in [-0.1, -0.05) is 35.9 Å². The van der Waals surface area contributed by atoms with E-state index in [-0.39, 0.29) is 0 Å². The van der Waals surface area contributed by atoms with Crippen LogP contribution in [0.3, 0.4) is 0 Å². The van der Waals surface area contributed by atoms with E-state index in [1.807, 2.05) is 42.5 Å². The summed E-state index contributed by atoms with van der Waals surface area (Å²) < 4.78 is 11.1. The summed E-state index contributed by atoms with van der Waals surface area (Å²) in [6.45, 7) is 0.344. The monoisotopic (exact) mass is 285 g/mol. The Morgan fingerprint density at radius 1 is 1.05 bits per heavy atom. The smallest absolute Gasteiger partial charge is 0.226 e. The molecule has 0 atom stereocenters. The number of halogens is 1. The summed E-state index contributed by atoms with van der Waals surface area (Å²) >= 11 is 5.90. The third kappa shape index (κ3) is 3.00. The average molecular weight is 286 g/mol. The predicted octanol–water partition coefficient (Wildman–Crippen LogP) is 4.57. The van der Waals surface area contributed by atoms with Gasteiger partial charge in [-0.05, 0) is 30.3 Å². The lowest BCUT2D eigenvalue weighted by molar-refractivity contribution is 0.301. The number of ether oxygens (including phenoxy) is 1. The zero-order valence-corrected chi connectivity index (χ0v) is 11.4. The second-order valence-electron chi connectivity index (χ2n) is 4.26. The molecule has 0 radical (unpaired) electrons. The average Bonchev–Trinajstić information content (AvgIpc) is 2.95. The molecule has 0 amide bonds. The van der Waals surface area contributed by atoms with E-state index in [9.17, 15) is 0 Å². The van der Waals surface area contributed by atoms with Crippen molar-refractivity contribution in [3.8, 4) is 17.2 Å². The minimum atomic E-state index is 0.344. The molecule has 0 bridgehead atoms. The third-order valence-electron chi connectivity index (χ3n) is 2.76. The van der Waals surface area contributed by atoms with Gasteiger partial charge in [0.15, 0.2) is 0 Å². The molecule has 0 saturated carbocycles. The Hall–Kier alpha value is -2.26. The SMILES string of the molecule is Clc1cccc(OCc2coc(-c3ccccc3)n2)c1. The summed E-state index contributed by atoms with van der Waals surface area (Å²) in [6.07, 6.45) is 1.60. The van der Waals surface area contributed by atoms with Crippen LogP contribution in [0.15, 0.2) is 65.3 Å². The number of nitrogens with zero attached hydrogens (tertiary/aromatic N) is 1. The van der Waals surface area contributed by atoms with E-state index >= 15 is 0 Å². The topological polar surface area (TPSA) is 35.3 Å². The van der Waals surface area contributed by atoms with Crippen molar-refractivity contribution in [2.75, 3.05) is 0 Å². The van der Waals surface area contributed by atoms with Gasteiger partial charge in [0.2, 0.25) is 5.89 Å². The lowest BCUT2D eigenvalue weighted by Gasteiger charge is -2.03. The summed E-state index contributed by atoms with van der Waals surface area (Å²) in [6, 6.07) is 17.0. The van der Waals surface area contributed by atoms with E-state index in [0.29, 0.717) is 23.3 Å². The van der Waals surface area contributed by atoms with Crippen LogP contribution in [0.25, 0.3) is 11.5 Å². The molecule has 100 valence electrons. The van der Waals surface area contributed by atoms with Crippen molar-refractivity contribution in [3.05, 3.63) is 71.6 Å². The van der Waals surface area contributed by atoms with E-state index < -0.39 is 0 Å². The van der Waals surface area contributed by atoms with Gasteiger partial charge in [0, 0.05) is 10.6 Å². The second-order valence-corrected chi connectivity index (χ2v) is 4.69. The van der Waals surface area contributed by atoms with Gasteiger partial charge in [0.1, 0.15) is 24.3 Å². The molecule has 1 heterocycles. The number of rotatable bonds is 4. The fourth-order valence-corrected chi connectivity index (χ4v) is 1.98. The first-order chi connectivity index (χ1) is 9.81. The molecule has 1 aromatic heterocycles. The number of aromatic nitrogens is 1. The molecule has 3 nitrogen and oxygen atoms in total. The van der Waals surface area contributed by atoms with Crippen molar-refractivity contribution in [3.63, 3.8) is 0 Å². The van der Waals surface area contributed by atoms with Gasteiger partial charge in [-0.2, -0.15) is 0 Å². The summed E-state index contributed by atoms with van der Waals surface area (Å²) in [5, 5.41) is 0.646. The fraction of sp³-hybridized carbons (Fsp3) is 0.0625. The molecule has 0 spiro atoms. The zero-order chi connectivity index (χ0) is 13.8. The Kier molecular flexibility index (Phi) is 3.70. The molecule has 3 rings (SSSR count). The fourth-order valence-electron chi connectivity index (χ4n) is 1.80. The van der Waals surface area contributed by atoms with Crippen LogP contribution in [-0.4, -0.2) is 4.98 Å². The Labute approximate surface area is 121 Å². The molecule has 4 heteroatoms. The van der Waals surface area contributed by atoms with Crippen molar-refractivity contribution in [1.82, 2.24) is 4.98 Å². The molecule has 0 aliphatic carbocycles. The van der Waals surface area contributed by atoms with Gasteiger partial charge in [-0.15, -0.1) is 0 Å². The van der Waals surface area contributed by atoms with Crippen molar-refractivity contribution in [1.29, 1.82) is 0 Å². The molecule has 0 aliphatic rings. The molecular weight excluding hydrogens is 274 g/mol. The summed E-state index contributed by atoms with van der Waals surface area (Å²) in [7, 11) is 0. The number of benzene rings is 2. The maximum atomic E-state index is 5.90. The van der Waals surface area contributed by atoms with Crippen LogP contribution in [0.1, 0.15) is 5.69 Å². The highest BCUT2D eigenvalue weighted by Gasteiger charge is 2.06. The highest BCUT2D eigenvalue weighted by molar-refractivity contribution is 6.30. The molecule has 0 fully saturated rings. The predicted molar refractivity (Wildman–Crippen MR) is 77.7 cm³/mol. The van der Waals surface area contributed by atoms with Crippen LogP contribution in [0.2, 0.25) is 5.02 Å². The van der Waals surface area contributed by atoms with Crippen molar-refractivity contribution >= 4 is 11.6 Å². The normalized spacial score (nSPS) is 10.4. The lowest BCUT2D eigenvalue weighted by Crippen LogP contribution is -1.95. The first-order valence-electron chi connectivity index (χ1n) is 6.19. The molecule has 0 aliphatic heterocycles. The first kappa shape index (κ1) is 12.8. The first-order valence-corrected chi connectivity index (χ1v) is 6.57. The van der Waals surface area contributed by atoms with E-state index in [4.69, 9.17) is 20.8 Å². The van der Waals surface area contributed by atoms with Crippen LogP contribution >= 0.6 is 11.6 Å². The highest BCUT2D eigenvalue weighted by atomic mass is 35.5. The van der Waals surface area contributed by atoms with Crippen LogP contribution in [0.4, 0.5) is 0 Å². The van der Waals surface area contributed by atoms with Gasteiger partial charge in [0.05, 0.1) is 0 Å². The minimum absolute atomic E-state index is 0.344. The van der Waals surface area contributed by atoms with Gasteiger partial charge < -0.3 is 9.15 Å². The third-order valence-corrected chi connectivity index (χ3v) is 2.99. The maximum Gasteiger partial charge on any atom is 0.226 e. The minimum Gasteiger partial charge on any atom is -0.487 e. The van der Waals surface area contributed by atoms with E-state index in [1.165, 1.54) is 0 Å². The lowest BCUT2D eigenvalue weighted by atomic mass is 10.2. The van der Waals surface area contributed by atoms with Gasteiger partial charge in [-0.3, -0.25) is 0 Å². The molecule has 3 aromatic rings. The van der Waals surface area contributed by atoms with E-state index in [2.05, 4.69) is 4.98 Å². The largest absolute Gasteiger partial charge is 0.487 e. The molecule has 20 heavy (non-hydrogen) atoms. The molecule has 2 aromatic carbocycles. The molecule has 0 saturated heterocycles. The van der Waals surface area contributed by atoms with Gasteiger partial charge >= 0.3 is 0 Å². The number of oxazole rings is 1. The maximum absolute atomic E-state index is 5.90. The number of hydrogen-bond donors (Lipinski definition) is 0. The van der Waals surface area contributed by atoms with Crippen molar-refractivity contribution in [2.45, 2.75) is 6.61 Å². The zero-order valence-electron chi connectivity index (χ0n) is 10.6. The molecular formula is C16H12ClNO2. The molecule has 0 N–H and O–H groups in total. The van der Waals surface area contributed by atoms with Gasteiger partial charge in [0.25, 0.3) is 0 Å². The highest BCUT2D eigenvalue weighted by Crippen LogP contribution is 2.20. The summed E-state index contributed by atoms with van der Waals surface area (Å²) in [4.78, 5) is 4.39. The van der Waals surface area contributed by atoms with Crippen LogP contribution in [0, 0.1) is 0 Å². The molecule has 0 unspecified atom stereocenters. The Morgan fingerprint density at radius 3 is 2.70 bits per heavy atom. The number of hydrogen-bond acceptors (Lipinski definition) is 3. The van der Waals surface area contributed by atoms with Crippen molar-refractivity contribution in [2.24, 2.45) is 0 Å². The van der Waals surface area contributed by atoms with Gasteiger partial charge in [-0.25, -0.2) is 4.98 Å².